The second kappa shape index (κ2) is 11.1. The first kappa shape index (κ1) is 25.2. The van der Waals surface area contributed by atoms with Gasteiger partial charge in [-0.3, -0.25) is 0 Å². The molecule has 0 saturated heterocycles. The van der Waals surface area contributed by atoms with Crippen LogP contribution in [0.5, 0.6) is 11.5 Å². The molecule has 2 heterocycles. The van der Waals surface area contributed by atoms with E-state index in [0.717, 1.165) is 42.0 Å². The molecule has 0 N–H and O–H groups in total. The number of hydrogen-bond donors (Lipinski definition) is 0. The summed E-state index contributed by atoms with van der Waals surface area (Å²) in [6.45, 7) is 1.57. The fraction of sp³-hybridized carbons (Fsp3) is 0.333. The molecule has 3 aromatic rings. The molecule has 0 amide bonds. The molecular formula is C24H26Cl3N3O3. The zero-order chi connectivity index (χ0) is 22.7. The molecule has 4 rings (SSSR count). The Morgan fingerprint density at radius 1 is 1.09 bits per heavy atom. The van der Waals surface area contributed by atoms with Crippen molar-refractivity contribution in [1.29, 1.82) is 0 Å². The monoisotopic (exact) mass is 509 g/mol. The summed E-state index contributed by atoms with van der Waals surface area (Å²) in [5.41, 5.74) is 3.06. The first-order valence-corrected chi connectivity index (χ1v) is 11.2. The van der Waals surface area contributed by atoms with Gasteiger partial charge in [-0.1, -0.05) is 29.3 Å². The number of benzene rings is 2. The lowest BCUT2D eigenvalue weighted by atomic mass is 10.1. The summed E-state index contributed by atoms with van der Waals surface area (Å²) < 4.78 is 14.9. The molecule has 6 nitrogen and oxygen atoms in total. The van der Waals surface area contributed by atoms with Gasteiger partial charge in [-0.2, -0.15) is 0 Å². The predicted octanol–water partition coefficient (Wildman–Crippen LogP) is 4.14. The lowest BCUT2D eigenvalue weighted by Gasteiger charge is -2.11. The van der Waals surface area contributed by atoms with Crippen molar-refractivity contribution in [2.24, 2.45) is 4.99 Å². The topological polar surface area (TPSA) is 62.7 Å². The number of rotatable bonds is 8. The van der Waals surface area contributed by atoms with E-state index in [1.807, 2.05) is 41.1 Å². The van der Waals surface area contributed by atoms with Crippen LogP contribution in [0.25, 0.3) is 11.3 Å². The number of aromatic nitrogens is 2. The van der Waals surface area contributed by atoms with Gasteiger partial charge in [0.15, 0.2) is 17.2 Å². The number of imidazole rings is 1. The van der Waals surface area contributed by atoms with Gasteiger partial charge in [-0.25, -0.2) is 9.13 Å². The van der Waals surface area contributed by atoms with Gasteiger partial charge < -0.3 is 19.6 Å². The number of ether oxygens (including phenoxy) is 2. The van der Waals surface area contributed by atoms with Gasteiger partial charge in [0, 0.05) is 18.0 Å². The van der Waals surface area contributed by atoms with E-state index < -0.39 is 0 Å². The fourth-order valence-electron chi connectivity index (χ4n) is 4.07. The SMILES string of the molecule is COc1ccc(CCN=C([O-])C[n+]2cc(-c3ccc(Cl)c(Cl)c3)n3c2CCC3)cc1OC.Cl. The van der Waals surface area contributed by atoms with Crippen molar-refractivity contribution < 1.29 is 19.1 Å². The summed E-state index contributed by atoms with van der Waals surface area (Å²) in [6.07, 6.45) is 4.64. The third-order valence-electron chi connectivity index (χ3n) is 5.65. The molecule has 0 aliphatic carbocycles. The van der Waals surface area contributed by atoms with Crippen LogP contribution in [-0.2, 0) is 25.9 Å². The third kappa shape index (κ3) is 5.57. The van der Waals surface area contributed by atoms with Gasteiger partial charge in [-0.15, -0.1) is 12.4 Å². The number of hydrogen-bond acceptors (Lipinski definition) is 4. The van der Waals surface area contributed by atoms with Gasteiger partial charge >= 0.3 is 0 Å². The smallest absolute Gasteiger partial charge is 0.257 e. The first-order chi connectivity index (χ1) is 15.5. The molecule has 0 radical (unpaired) electrons. The number of nitrogens with zero attached hydrogens (tertiary/aromatic N) is 3. The van der Waals surface area contributed by atoms with Crippen molar-refractivity contribution in [3.63, 3.8) is 0 Å². The minimum atomic E-state index is -0.142. The highest BCUT2D eigenvalue weighted by Crippen LogP contribution is 2.30. The minimum absolute atomic E-state index is 0. The van der Waals surface area contributed by atoms with Gasteiger partial charge in [0.1, 0.15) is 12.7 Å². The highest BCUT2D eigenvalue weighted by atomic mass is 35.5. The summed E-state index contributed by atoms with van der Waals surface area (Å²) in [4.78, 5) is 4.27. The van der Waals surface area contributed by atoms with E-state index in [9.17, 15) is 5.11 Å². The van der Waals surface area contributed by atoms with E-state index in [4.69, 9.17) is 32.7 Å². The highest BCUT2D eigenvalue weighted by molar-refractivity contribution is 6.42. The quantitative estimate of drug-likeness (QED) is 0.260. The Hall–Kier alpha value is -2.41. The summed E-state index contributed by atoms with van der Waals surface area (Å²) in [6, 6.07) is 11.4. The maximum atomic E-state index is 12.6. The van der Waals surface area contributed by atoms with E-state index in [0.29, 0.717) is 34.5 Å². The fourth-order valence-corrected chi connectivity index (χ4v) is 4.37. The predicted molar refractivity (Wildman–Crippen MR) is 131 cm³/mol. The normalized spacial score (nSPS) is 12.9. The van der Waals surface area contributed by atoms with Crippen LogP contribution in [0.15, 0.2) is 47.6 Å². The molecule has 0 fully saturated rings. The lowest BCUT2D eigenvalue weighted by molar-refractivity contribution is -0.693. The first-order valence-electron chi connectivity index (χ1n) is 10.5. The summed E-state index contributed by atoms with van der Waals surface area (Å²) in [7, 11) is 3.21. The van der Waals surface area contributed by atoms with Crippen LogP contribution in [0.3, 0.4) is 0 Å². The van der Waals surface area contributed by atoms with Gasteiger partial charge in [0.25, 0.3) is 5.82 Å². The average Bonchev–Trinajstić information content (AvgIpc) is 3.39. The van der Waals surface area contributed by atoms with E-state index in [2.05, 4.69) is 9.56 Å². The van der Waals surface area contributed by atoms with Crippen LogP contribution in [-0.4, -0.2) is 31.2 Å². The largest absolute Gasteiger partial charge is 0.859 e. The molecule has 9 heteroatoms. The molecule has 0 saturated carbocycles. The average molecular weight is 511 g/mol. The Bertz CT molecular complexity index is 1160. The molecule has 1 aromatic heterocycles. The molecule has 176 valence electrons. The van der Waals surface area contributed by atoms with Gasteiger partial charge in [0.2, 0.25) is 0 Å². The van der Waals surface area contributed by atoms with Crippen LogP contribution in [0.1, 0.15) is 17.8 Å². The van der Waals surface area contributed by atoms with Gasteiger partial charge in [0.05, 0.1) is 37.2 Å². The van der Waals surface area contributed by atoms with Crippen molar-refractivity contribution in [2.45, 2.75) is 32.4 Å². The number of fused-ring (bicyclic) bond motifs is 1. The van der Waals surface area contributed by atoms with Crippen molar-refractivity contribution in [2.75, 3.05) is 20.8 Å². The van der Waals surface area contributed by atoms with E-state index in [1.165, 1.54) is 0 Å². The minimum Gasteiger partial charge on any atom is -0.859 e. The van der Waals surface area contributed by atoms with E-state index >= 15 is 0 Å². The summed E-state index contributed by atoms with van der Waals surface area (Å²) in [5.74, 6) is 2.35. The van der Waals surface area contributed by atoms with Crippen molar-refractivity contribution in [1.82, 2.24) is 4.57 Å². The summed E-state index contributed by atoms with van der Waals surface area (Å²) in [5, 5.41) is 13.6. The van der Waals surface area contributed by atoms with Crippen LogP contribution in [0.2, 0.25) is 10.0 Å². The Morgan fingerprint density at radius 3 is 2.61 bits per heavy atom. The standard InChI is InChI=1S/C24H25Cl2N3O3.ClH/c1-31-21-8-5-16(12-22(21)32-2)9-10-27-23(30)15-28-14-20(29-11-3-4-24(28)29)17-6-7-18(25)19(26)13-17;/h5-8,12-14H,3-4,9-11,15H2,1-2H3;1H. The highest BCUT2D eigenvalue weighted by Gasteiger charge is 2.28. The molecule has 33 heavy (non-hydrogen) atoms. The Labute approximate surface area is 209 Å². The lowest BCUT2D eigenvalue weighted by Crippen LogP contribution is -2.44. The molecule has 0 spiro atoms. The molecule has 0 unspecified atom stereocenters. The zero-order valence-corrected chi connectivity index (χ0v) is 20.8. The van der Waals surface area contributed by atoms with Crippen molar-refractivity contribution >= 4 is 41.5 Å². The van der Waals surface area contributed by atoms with Crippen LogP contribution < -0.4 is 19.1 Å². The Kier molecular flexibility index (Phi) is 8.51. The molecule has 0 bridgehead atoms. The maximum absolute atomic E-state index is 12.6. The van der Waals surface area contributed by atoms with Crippen LogP contribution >= 0.6 is 35.6 Å². The Morgan fingerprint density at radius 2 is 1.88 bits per heavy atom. The number of halogens is 3. The Balaban J connectivity index is 0.00000306. The maximum Gasteiger partial charge on any atom is 0.257 e. The molecule has 1 aliphatic rings. The number of aliphatic imine (C=N–C) groups is 1. The zero-order valence-electron chi connectivity index (χ0n) is 18.5. The van der Waals surface area contributed by atoms with E-state index in [1.54, 1.807) is 20.3 Å². The van der Waals surface area contributed by atoms with Crippen molar-refractivity contribution in [3.8, 4) is 22.8 Å². The van der Waals surface area contributed by atoms with Crippen LogP contribution in [0.4, 0.5) is 0 Å². The van der Waals surface area contributed by atoms with E-state index in [-0.39, 0.29) is 24.8 Å². The molecular weight excluding hydrogens is 485 g/mol. The number of methoxy groups -OCH3 is 2. The summed E-state index contributed by atoms with van der Waals surface area (Å²) >= 11 is 12.3. The third-order valence-corrected chi connectivity index (χ3v) is 6.39. The van der Waals surface area contributed by atoms with Gasteiger partial charge in [-0.05, 0) is 48.7 Å². The van der Waals surface area contributed by atoms with Crippen LogP contribution in [0, 0.1) is 0 Å². The second-order valence-corrected chi connectivity index (χ2v) is 8.47. The molecule has 2 aromatic carbocycles. The molecule has 1 aliphatic heterocycles. The molecule has 0 atom stereocenters. The second-order valence-electron chi connectivity index (χ2n) is 7.66. The van der Waals surface area contributed by atoms with Crippen molar-refractivity contribution in [3.05, 3.63) is 64.0 Å².